The van der Waals surface area contributed by atoms with Crippen LogP contribution in [0.1, 0.15) is 82.8 Å². The van der Waals surface area contributed by atoms with E-state index in [-0.39, 0.29) is 65.3 Å². The van der Waals surface area contributed by atoms with Gasteiger partial charge in [0.1, 0.15) is 17.2 Å². The molecule has 5 N–H and O–H groups in total. The number of aromatic nitrogens is 1. The maximum absolute atomic E-state index is 14.0. The van der Waals surface area contributed by atoms with Gasteiger partial charge in [-0.1, -0.05) is 84.9 Å². The number of likely N-dealkylation sites (tertiary alicyclic amines) is 3. The first kappa shape index (κ1) is 50.9. The fraction of sp³-hybridized carbons (Fsp3) is 0.379. The molecule has 3 aliphatic rings. The number of carbonyl (C=O) groups excluding carboxylic acids is 3. The number of aromatic amines is 1. The smallest absolute Gasteiger partial charge is 0.347 e. The third kappa shape index (κ3) is 11.8. The number of piperidine rings is 3. The Bertz CT molecular complexity index is 2920. The topological polar surface area (TPSA) is 194 Å². The summed E-state index contributed by atoms with van der Waals surface area (Å²) in [6, 6.07) is 37.3. The van der Waals surface area contributed by atoms with Gasteiger partial charge in [-0.15, -0.1) is 0 Å². The van der Waals surface area contributed by atoms with Crippen molar-refractivity contribution in [1.82, 2.24) is 25.0 Å². The summed E-state index contributed by atoms with van der Waals surface area (Å²) in [5.74, 6) is -0.0776. The van der Waals surface area contributed by atoms with Gasteiger partial charge in [0.15, 0.2) is 6.61 Å². The molecule has 5 aromatic carbocycles. The zero-order chi connectivity index (χ0) is 51.0. The number of hydrogen-bond donors (Lipinski definition) is 5. The number of phenolic OH excluding ortho intramolecular Hbond substituents is 1. The van der Waals surface area contributed by atoms with E-state index in [9.17, 15) is 34.5 Å². The summed E-state index contributed by atoms with van der Waals surface area (Å²) in [5.41, 5.74) is 1.69. The summed E-state index contributed by atoms with van der Waals surface area (Å²) in [6.45, 7) is 5.63. The molecule has 15 nitrogen and oxygen atoms in total. The summed E-state index contributed by atoms with van der Waals surface area (Å²) >= 11 is 0. The number of amides is 2. The molecular weight excluding hydrogens is 927 g/mol. The summed E-state index contributed by atoms with van der Waals surface area (Å²) in [7, 11) is 1.54. The Kier molecular flexibility index (Phi) is 15.9. The molecule has 0 saturated carbocycles. The largest absolute Gasteiger partial charge is 0.506 e. The number of rotatable bonds is 17. The van der Waals surface area contributed by atoms with E-state index < -0.39 is 17.7 Å². The molecule has 9 rings (SSSR count). The summed E-state index contributed by atoms with van der Waals surface area (Å²) < 4.78 is 17.7. The van der Waals surface area contributed by atoms with Crippen molar-refractivity contribution in [3.8, 4) is 17.2 Å². The number of esters is 1. The van der Waals surface area contributed by atoms with Crippen LogP contribution in [0, 0.1) is 11.3 Å². The Labute approximate surface area is 425 Å². The van der Waals surface area contributed by atoms with E-state index in [1.807, 2.05) is 34.1 Å². The average Bonchev–Trinajstić information content (AvgIpc) is 3.43. The lowest BCUT2D eigenvalue weighted by molar-refractivity contribution is -0.164. The van der Waals surface area contributed by atoms with E-state index in [2.05, 4.69) is 39.5 Å². The highest BCUT2D eigenvalue weighted by atomic mass is 16.6. The molecule has 0 aliphatic carbocycles. The standard InChI is InChI=1S/C58H65N5O10/c1-71-51-33-42(35-59-36-50(65)46-17-19-49(64)54-47(46)18-20-52(66)60-54)15-16-48(51)55(68)63-31-25-57(26-32-63)23-29-62(30-24-57)53(67)39-72-45-14-8-13-44(34-45)58(70,43-11-6-3-7-12-43)56(69)73-38-41-21-27-61(28-22-41)37-40-9-4-2-5-10-40/h2-20,33-34,41,50,59,64-65,70H,21-32,35-39H2,1H3,(H,60,66)/t50-,58?/m0/s1. The third-order valence-corrected chi connectivity index (χ3v) is 15.2. The summed E-state index contributed by atoms with van der Waals surface area (Å²) in [6.07, 6.45) is 4.14. The van der Waals surface area contributed by atoms with Crippen LogP contribution < -0.4 is 20.3 Å². The number of fused-ring (bicyclic) bond motifs is 1. The number of aliphatic hydroxyl groups is 2. The van der Waals surface area contributed by atoms with E-state index in [1.165, 1.54) is 17.7 Å². The van der Waals surface area contributed by atoms with Crippen molar-refractivity contribution in [2.24, 2.45) is 11.3 Å². The molecule has 0 radical (unpaired) electrons. The van der Waals surface area contributed by atoms with Crippen molar-refractivity contribution in [3.05, 3.63) is 171 Å². The van der Waals surface area contributed by atoms with Crippen LogP contribution in [0.3, 0.4) is 0 Å². The Morgan fingerprint density at radius 3 is 2.18 bits per heavy atom. The Morgan fingerprint density at radius 1 is 0.781 bits per heavy atom. The number of aromatic hydroxyl groups is 1. The van der Waals surface area contributed by atoms with Gasteiger partial charge in [-0.3, -0.25) is 19.3 Å². The predicted molar refractivity (Wildman–Crippen MR) is 276 cm³/mol. The number of benzene rings is 5. The number of nitrogens with one attached hydrogen (secondary N) is 2. The highest BCUT2D eigenvalue weighted by Gasteiger charge is 2.43. The molecule has 3 aliphatic heterocycles. The maximum Gasteiger partial charge on any atom is 0.347 e. The van der Waals surface area contributed by atoms with Crippen molar-refractivity contribution in [2.75, 3.05) is 66.1 Å². The van der Waals surface area contributed by atoms with Crippen molar-refractivity contribution >= 4 is 28.7 Å². The number of hydrogen-bond acceptors (Lipinski definition) is 12. The monoisotopic (exact) mass is 991 g/mol. The van der Waals surface area contributed by atoms with Crippen LogP contribution in [0.4, 0.5) is 0 Å². The van der Waals surface area contributed by atoms with Gasteiger partial charge < -0.3 is 49.6 Å². The number of phenols is 1. The number of aliphatic hydroxyl groups excluding tert-OH is 1. The van der Waals surface area contributed by atoms with Crippen LogP contribution >= 0.6 is 0 Å². The molecule has 2 amide bonds. The zero-order valence-corrected chi connectivity index (χ0v) is 41.3. The second kappa shape index (κ2) is 22.8. The van der Waals surface area contributed by atoms with Crippen LogP contribution in [0.5, 0.6) is 17.2 Å². The highest BCUT2D eigenvalue weighted by molar-refractivity contribution is 5.97. The molecule has 3 fully saturated rings. The third-order valence-electron chi connectivity index (χ3n) is 15.2. The molecule has 73 heavy (non-hydrogen) atoms. The fourth-order valence-electron chi connectivity index (χ4n) is 10.7. The van der Waals surface area contributed by atoms with E-state index in [0.29, 0.717) is 66.3 Å². The number of pyridine rings is 1. The normalized spacial score (nSPS) is 17.5. The van der Waals surface area contributed by atoms with Crippen molar-refractivity contribution in [2.45, 2.75) is 63.3 Å². The molecule has 1 spiro atoms. The molecular formula is C58H65N5O10. The zero-order valence-electron chi connectivity index (χ0n) is 41.3. The lowest BCUT2D eigenvalue weighted by Crippen LogP contribution is -2.50. The quantitative estimate of drug-likeness (QED) is 0.0610. The number of H-pyrrole nitrogens is 1. The van der Waals surface area contributed by atoms with Gasteiger partial charge in [0.05, 0.1) is 30.9 Å². The van der Waals surface area contributed by atoms with Crippen LogP contribution in [0.25, 0.3) is 10.9 Å². The number of methoxy groups -OCH3 is 1. The number of carbonyl (C=O) groups is 3. The first-order chi connectivity index (χ1) is 35.4. The van der Waals surface area contributed by atoms with Gasteiger partial charge in [-0.2, -0.15) is 0 Å². The van der Waals surface area contributed by atoms with Gasteiger partial charge >= 0.3 is 5.97 Å². The van der Waals surface area contributed by atoms with Crippen LogP contribution in [0.2, 0.25) is 0 Å². The van der Waals surface area contributed by atoms with Gasteiger partial charge in [-0.25, -0.2) is 4.79 Å². The van der Waals surface area contributed by atoms with Gasteiger partial charge in [-0.05, 0) is 122 Å². The molecule has 4 heterocycles. The first-order valence-corrected chi connectivity index (χ1v) is 25.3. The summed E-state index contributed by atoms with van der Waals surface area (Å²) in [4.78, 5) is 62.0. The molecule has 1 unspecified atom stereocenters. The second-order valence-electron chi connectivity index (χ2n) is 19.8. The van der Waals surface area contributed by atoms with Crippen molar-refractivity contribution in [3.63, 3.8) is 0 Å². The van der Waals surface area contributed by atoms with Crippen molar-refractivity contribution in [1.29, 1.82) is 0 Å². The number of ether oxygens (including phenoxy) is 3. The van der Waals surface area contributed by atoms with Gasteiger partial charge in [0, 0.05) is 62.8 Å². The molecule has 6 aromatic rings. The van der Waals surface area contributed by atoms with Crippen LogP contribution in [-0.4, -0.2) is 119 Å². The molecule has 0 bridgehead atoms. The fourth-order valence-corrected chi connectivity index (χ4v) is 10.7. The van der Waals surface area contributed by atoms with Crippen LogP contribution in [0.15, 0.2) is 132 Å². The SMILES string of the molecule is COc1cc(CNC[C@H](O)c2ccc(O)c3[nH]c(=O)ccc23)ccc1C(=O)N1CCC2(CCN(C(=O)COc3cccc(C(O)(C(=O)OCC4CCN(Cc5ccccc5)CC4)c4ccccc4)c3)CC2)CC1. The Balaban J connectivity index is 0.733. The van der Waals surface area contributed by atoms with Crippen LogP contribution in [-0.2, 0) is 33.0 Å². The molecule has 2 atom stereocenters. The first-order valence-electron chi connectivity index (χ1n) is 25.3. The average molecular weight is 992 g/mol. The van der Waals surface area contributed by atoms with E-state index in [4.69, 9.17) is 14.2 Å². The lowest BCUT2D eigenvalue weighted by atomic mass is 9.71. The predicted octanol–water partition coefficient (Wildman–Crippen LogP) is 6.68. The number of nitrogens with zero attached hydrogens (tertiary/aromatic N) is 3. The molecule has 382 valence electrons. The summed E-state index contributed by atoms with van der Waals surface area (Å²) in [5, 5.41) is 37.3. The lowest BCUT2D eigenvalue weighted by Gasteiger charge is -2.46. The Hall–Kier alpha value is -7.04. The Morgan fingerprint density at radius 2 is 1.47 bits per heavy atom. The second-order valence-corrected chi connectivity index (χ2v) is 19.8. The molecule has 3 saturated heterocycles. The molecule has 15 heteroatoms. The van der Waals surface area contributed by atoms with E-state index in [0.717, 1.165) is 63.7 Å². The van der Waals surface area contributed by atoms with E-state index >= 15 is 0 Å². The minimum Gasteiger partial charge on any atom is -0.506 e. The minimum absolute atomic E-state index is 0.0206. The molecule has 1 aromatic heterocycles. The van der Waals surface area contributed by atoms with Gasteiger partial charge in [0.2, 0.25) is 11.2 Å². The van der Waals surface area contributed by atoms with Gasteiger partial charge in [0.25, 0.3) is 11.8 Å². The minimum atomic E-state index is -2.10. The van der Waals surface area contributed by atoms with Crippen molar-refractivity contribution < 1.29 is 43.9 Å². The highest BCUT2D eigenvalue weighted by Crippen LogP contribution is 2.42. The van der Waals surface area contributed by atoms with E-state index in [1.54, 1.807) is 73.8 Å². The maximum atomic E-state index is 14.0.